The molecule has 0 aliphatic heterocycles. The van der Waals surface area contributed by atoms with Crippen molar-refractivity contribution >= 4 is 38.9 Å². The van der Waals surface area contributed by atoms with Crippen LogP contribution in [-0.2, 0) is 10.0 Å². The fourth-order valence-corrected chi connectivity index (χ4v) is 4.32. The minimum atomic E-state index is -3.69. The number of anilines is 1. The highest BCUT2D eigenvalue weighted by atomic mass is 32.2. The number of benzene rings is 2. The monoisotopic (exact) mass is 444 g/mol. The lowest BCUT2D eigenvalue weighted by atomic mass is 10.1. The Morgan fingerprint density at radius 1 is 1.07 bits per heavy atom. The summed E-state index contributed by atoms with van der Waals surface area (Å²) in [6.45, 7) is 3.61. The minimum Gasteiger partial charge on any atom is -0.423 e. The molecule has 2 aromatic carbocycles. The Bertz CT molecular complexity index is 1150. The molecule has 0 radical (unpaired) electrons. The van der Waals surface area contributed by atoms with Gasteiger partial charge < -0.3 is 10.1 Å². The standard InChI is InChI=1S/C21H20N2O5S2/c1-3-22-30(26,27)17-11-6-14(2)18(13-17)21(25)28-16-9-7-15(8-10-16)23-20(24)19-5-4-12-29-19/h4-13,22H,3H2,1-2H3,(H,23,24). The van der Waals surface area contributed by atoms with Gasteiger partial charge in [0.25, 0.3) is 5.91 Å². The van der Waals surface area contributed by atoms with Crippen molar-refractivity contribution in [2.45, 2.75) is 18.7 Å². The number of thiophene rings is 1. The van der Waals surface area contributed by atoms with Crippen LogP contribution in [0.4, 0.5) is 5.69 Å². The van der Waals surface area contributed by atoms with Crippen LogP contribution in [0.1, 0.15) is 32.5 Å². The quantitative estimate of drug-likeness (QED) is 0.426. The zero-order chi connectivity index (χ0) is 21.7. The third-order valence-electron chi connectivity index (χ3n) is 4.14. The van der Waals surface area contributed by atoms with Gasteiger partial charge in [-0.15, -0.1) is 11.3 Å². The van der Waals surface area contributed by atoms with Crippen LogP contribution in [0.5, 0.6) is 5.75 Å². The van der Waals surface area contributed by atoms with Crippen LogP contribution in [-0.4, -0.2) is 26.8 Å². The van der Waals surface area contributed by atoms with Gasteiger partial charge in [-0.3, -0.25) is 4.79 Å². The predicted molar refractivity (Wildman–Crippen MR) is 116 cm³/mol. The molecule has 1 heterocycles. The van der Waals surface area contributed by atoms with Gasteiger partial charge >= 0.3 is 5.97 Å². The molecule has 30 heavy (non-hydrogen) atoms. The van der Waals surface area contributed by atoms with Crippen molar-refractivity contribution < 1.29 is 22.7 Å². The molecule has 0 atom stereocenters. The maximum Gasteiger partial charge on any atom is 0.343 e. The maximum absolute atomic E-state index is 12.6. The van der Waals surface area contributed by atoms with Gasteiger partial charge in [-0.05, 0) is 60.3 Å². The highest BCUT2D eigenvalue weighted by molar-refractivity contribution is 7.89. The van der Waals surface area contributed by atoms with E-state index >= 15 is 0 Å². The Morgan fingerprint density at radius 3 is 2.43 bits per heavy atom. The summed E-state index contributed by atoms with van der Waals surface area (Å²) in [4.78, 5) is 25.2. The van der Waals surface area contributed by atoms with E-state index in [1.54, 1.807) is 56.3 Å². The molecule has 0 bridgehead atoms. The molecule has 0 unspecified atom stereocenters. The van der Waals surface area contributed by atoms with Crippen molar-refractivity contribution in [1.29, 1.82) is 0 Å². The van der Waals surface area contributed by atoms with E-state index in [-0.39, 0.29) is 28.7 Å². The molecule has 1 aromatic heterocycles. The first-order valence-electron chi connectivity index (χ1n) is 9.07. The molecule has 0 saturated heterocycles. The molecule has 0 spiro atoms. The summed E-state index contributed by atoms with van der Waals surface area (Å²) in [5.41, 5.74) is 1.31. The van der Waals surface area contributed by atoms with E-state index < -0.39 is 16.0 Å². The molecular formula is C21H20N2O5S2. The van der Waals surface area contributed by atoms with Gasteiger partial charge in [-0.25, -0.2) is 17.9 Å². The Balaban J connectivity index is 1.72. The van der Waals surface area contributed by atoms with Crippen molar-refractivity contribution in [1.82, 2.24) is 4.72 Å². The lowest BCUT2D eigenvalue weighted by molar-refractivity contribution is 0.0733. The second kappa shape index (κ2) is 9.21. The molecule has 0 saturated carbocycles. The largest absolute Gasteiger partial charge is 0.423 e. The van der Waals surface area contributed by atoms with Crippen molar-refractivity contribution in [3.8, 4) is 5.75 Å². The van der Waals surface area contributed by atoms with Crippen LogP contribution in [0, 0.1) is 6.92 Å². The number of esters is 1. The second-order valence-electron chi connectivity index (χ2n) is 6.32. The highest BCUT2D eigenvalue weighted by Gasteiger charge is 2.18. The molecule has 0 aliphatic rings. The van der Waals surface area contributed by atoms with Gasteiger partial charge in [0, 0.05) is 12.2 Å². The summed E-state index contributed by atoms with van der Waals surface area (Å²) in [5, 5.41) is 4.58. The van der Waals surface area contributed by atoms with Crippen LogP contribution < -0.4 is 14.8 Å². The lowest BCUT2D eigenvalue weighted by Crippen LogP contribution is -2.23. The zero-order valence-corrected chi connectivity index (χ0v) is 18.0. The molecule has 1 amide bonds. The Hall–Kier alpha value is -3.01. The van der Waals surface area contributed by atoms with Gasteiger partial charge in [0.1, 0.15) is 5.75 Å². The van der Waals surface area contributed by atoms with E-state index in [1.807, 2.05) is 5.38 Å². The van der Waals surface area contributed by atoms with E-state index in [4.69, 9.17) is 4.74 Å². The summed E-state index contributed by atoms with van der Waals surface area (Å²) < 4.78 is 32.1. The number of amides is 1. The minimum absolute atomic E-state index is 0.00598. The first-order chi connectivity index (χ1) is 14.3. The average molecular weight is 445 g/mol. The fourth-order valence-electron chi connectivity index (χ4n) is 2.63. The molecule has 0 fully saturated rings. The van der Waals surface area contributed by atoms with Crippen LogP contribution in [0.2, 0.25) is 0 Å². The molecule has 9 heteroatoms. The topological polar surface area (TPSA) is 102 Å². The SMILES string of the molecule is CCNS(=O)(=O)c1ccc(C)c(C(=O)Oc2ccc(NC(=O)c3cccs3)cc2)c1. The van der Waals surface area contributed by atoms with Crippen LogP contribution in [0.15, 0.2) is 64.9 Å². The number of nitrogens with one attached hydrogen (secondary N) is 2. The van der Waals surface area contributed by atoms with Gasteiger partial charge in [-0.2, -0.15) is 0 Å². The molecule has 7 nitrogen and oxygen atoms in total. The van der Waals surface area contributed by atoms with E-state index in [2.05, 4.69) is 10.0 Å². The van der Waals surface area contributed by atoms with Crippen LogP contribution in [0.3, 0.4) is 0 Å². The molecule has 2 N–H and O–H groups in total. The van der Waals surface area contributed by atoms with E-state index in [0.717, 1.165) is 0 Å². The number of rotatable bonds is 7. The van der Waals surface area contributed by atoms with E-state index in [1.165, 1.54) is 23.5 Å². The Labute approximate surface area is 178 Å². The first-order valence-corrected chi connectivity index (χ1v) is 11.4. The number of hydrogen-bond donors (Lipinski definition) is 2. The predicted octanol–water partition coefficient (Wildman–Crippen LogP) is 3.83. The second-order valence-corrected chi connectivity index (χ2v) is 9.04. The van der Waals surface area contributed by atoms with Crippen molar-refractivity contribution in [3.63, 3.8) is 0 Å². The summed E-state index contributed by atoms with van der Waals surface area (Å²) in [5.74, 6) is -0.617. The molecular weight excluding hydrogens is 424 g/mol. The summed E-state index contributed by atoms with van der Waals surface area (Å²) in [6, 6.07) is 14.2. The lowest BCUT2D eigenvalue weighted by Gasteiger charge is -2.10. The van der Waals surface area contributed by atoms with Gasteiger partial charge in [0.05, 0.1) is 15.3 Å². The number of ether oxygens (including phenoxy) is 1. The molecule has 156 valence electrons. The third kappa shape index (κ3) is 5.12. The average Bonchev–Trinajstić information content (AvgIpc) is 3.24. The summed E-state index contributed by atoms with van der Waals surface area (Å²) in [7, 11) is -3.69. The smallest absolute Gasteiger partial charge is 0.343 e. The van der Waals surface area contributed by atoms with Crippen LogP contribution >= 0.6 is 11.3 Å². The van der Waals surface area contributed by atoms with E-state index in [9.17, 15) is 18.0 Å². The number of aryl methyl sites for hydroxylation is 1. The third-order valence-corrected chi connectivity index (χ3v) is 6.55. The fraction of sp³-hybridized carbons (Fsp3) is 0.143. The number of hydrogen-bond acceptors (Lipinski definition) is 6. The molecule has 3 aromatic rings. The molecule has 0 aliphatic carbocycles. The summed E-state index contributed by atoms with van der Waals surface area (Å²) >= 11 is 1.34. The number of sulfonamides is 1. The van der Waals surface area contributed by atoms with Gasteiger partial charge in [-0.1, -0.05) is 19.1 Å². The van der Waals surface area contributed by atoms with Gasteiger partial charge in [0.2, 0.25) is 10.0 Å². The Kier molecular flexibility index (Phi) is 6.66. The number of carbonyl (C=O) groups is 2. The van der Waals surface area contributed by atoms with Crippen molar-refractivity contribution in [3.05, 3.63) is 76.0 Å². The highest BCUT2D eigenvalue weighted by Crippen LogP contribution is 2.21. The Morgan fingerprint density at radius 2 is 1.80 bits per heavy atom. The molecule has 3 rings (SSSR count). The van der Waals surface area contributed by atoms with E-state index in [0.29, 0.717) is 16.1 Å². The van der Waals surface area contributed by atoms with Crippen molar-refractivity contribution in [2.75, 3.05) is 11.9 Å². The first kappa shape index (κ1) is 21.7. The normalized spacial score (nSPS) is 11.1. The van der Waals surface area contributed by atoms with Crippen LogP contribution in [0.25, 0.3) is 0 Å². The number of carbonyl (C=O) groups excluding carboxylic acids is 2. The van der Waals surface area contributed by atoms with Gasteiger partial charge in [0.15, 0.2) is 0 Å². The zero-order valence-electron chi connectivity index (χ0n) is 16.3. The maximum atomic E-state index is 12.6. The summed E-state index contributed by atoms with van der Waals surface area (Å²) in [6.07, 6.45) is 0. The van der Waals surface area contributed by atoms with Crippen molar-refractivity contribution in [2.24, 2.45) is 0 Å².